The van der Waals surface area contributed by atoms with Crippen LogP contribution < -0.4 is 4.31 Å². The van der Waals surface area contributed by atoms with Crippen LogP contribution in [0.5, 0.6) is 5.75 Å². The highest BCUT2D eigenvalue weighted by atomic mass is 35.5. The standard InChI is InChI=1S/C13H10Cl3NO3S/c1-17(11-4-2-3-5-12(11)18)21(19,20)13-7-9(15)8(14)6-10(13)16/h2-7,18H,1H3. The van der Waals surface area contributed by atoms with Crippen molar-refractivity contribution in [3.63, 3.8) is 0 Å². The van der Waals surface area contributed by atoms with Crippen LogP contribution in [0.15, 0.2) is 41.3 Å². The molecule has 0 saturated carbocycles. The summed E-state index contributed by atoms with van der Waals surface area (Å²) in [5.74, 6) is -0.167. The number of hydrogen-bond acceptors (Lipinski definition) is 3. The zero-order valence-electron chi connectivity index (χ0n) is 10.7. The Hall–Kier alpha value is -1.14. The molecule has 2 aromatic carbocycles. The number of aromatic hydroxyl groups is 1. The lowest BCUT2D eigenvalue weighted by molar-refractivity contribution is 0.476. The van der Waals surface area contributed by atoms with E-state index in [9.17, 15) is 13.5 Å². The van der Waals surface area contributed by atoms with Gasteiger partial charge in [0.2, 0.25) is 0 Å². The molecular weight excluding hydrogens is 357 g/mol. The molecule has 0 saturated heterocycles. The molecule has 0 atom stereocenters. The number of phenolic OH excluding ortho intramolecular Hbond substituents is 1. The van der Waals surface area contributed by atoms with Crippen LogP contribution in [0, 0.1) is 0 Å². The summed E-state index contributed by atoms with van der Waals surface area (Å²) in [6.07, 6.45) is 0. The lowest BCUT2D eigenvalue weighted by Crippen LogP contribution is -2.26. The average Bonchev–Trinajstić information content (AvgIpc) is 2.42. The predicted molar refractivity (Wildman–Crippen MR) is 85.2 cm³/mol. The molecule has 8 heteroatoms. The van der Waals surface area contributed by atoms with Gasteiger partial charge in [-0.25, -0.2) is 8.42 Å². The van der Waals surface area contributed by atoms with Crippen molar-refractivity contribution >= 4 is 50.5 Å². The molecule has 0 amide bonds. The Kier molecular flexibility index (Phi) is 4.58. The Morgan fingerprint density at radius 2 is 1.57 bits per heavy atom. The van der Waals surface area contributed by atoms with Crippen LogP contribution in [0.4, 0.5) is 5.69 Å². The van der Waals surface area contributed by atoms with E-state index in [0.717, 1.165) is 4.31 Å². The zero-order valence-corrected chi connectivity index (χ0v) is 13.8. The number of phenols is 1. The van der Waals surface area contributed by atoms with Crippen molar-refractivity contribution in [3.8, 4) is 5.75 Å². The van der Waals surface area contributed by atoms with Crippen LogP contribution >= 0.6 is 34.8 Å². The van der Waals surface area contributed by atoms with Gasteiger partial charge >= 0.3 is 0 Å². The van der Waals surface area contributed by atoms with Gasteiger partial charge in [-0.05, 0) is 24.3 Å². The van der Waals surface area contributed by atoms with Crippen molar-refractivity contribution in [1.29, 1.82) is 0 Å². The van der Waals surface area contributed by atoms with E-state index in [1.807, 2.05) is 0 Å². The molecule has 0 aliphatic rings. The van der Waals surface area contributed by atoms with Crippen molar-refractivity contribution in [3.05, 3.63) is 51.5 Å². The fourth-order valence-electron chi connectivity index (χ4n) is 1.71. The molecule has 0 radical (unpaired) electrons. The molecule has 0 aromatic heterocycles. The van der Waals surface area contributed by atoms with Gasteiger partial charge in [0.15, 0.2) is 0 Å². The Balaban J connectivity index is 2.58. The molecule has 1 N–H and O–H groups in total. The first-order valence-corrected chi connectivity index (χ1v) is 8.24. The van der Waals surface area contributed by atoms with Gasteiger partial charge in [0.25, 0.3) is 10.0 Å². The molecule has 21 heavy (non-hydrogen) atoms. The first kappa shape index (κ1) is 16.2. The third-order valence-electron chi connectivity index (χ3n) is 2.83. The summed E-state index contributed by atoms with van der Waals surface area (Å²) in [5, 5.41) is 9.96. The van der Waals surface area contributed by atoms with Crippen LogP contribution in [-0.4, -0.2) is 20.6 Å². The van der Waals surface area contributed by atoms with E-state index in [1.165, 1.54) is 31.3 Å². The summed E-state index contributed by atoms with van der Waals surface area (Å²) in [7, 11) is -2.68. The molecular formula is C13H10Cl3NO3S. The maximum absolute atomic E-state index is 12.6. The Morgan fingerprint density at radius 1 is 1.00 bits per heavy atom. The molecule has 0 unspecified atom stereocenters. The molecule has 0 bridgehead atoms. The lowest BCUT2D eigenvalue weighted by Gasteiger charge is -2.21. The summed E-state index contributed by atoms with van der Waals surface area (Å²) in [4.78, 5) is -0.190. The topological polar surface area (TPSA) is 57.6 Å². The van der Waals surface area contributed by atoms with Crippen molar-refractivity contribution in [2.75, 3.05) is 11.4 Å². The van der Waals surface area contributed by atoms with Gasteiger partial charge in [-0.2, -0.15) is 0 Å². The first-order chi connectivity index (χ1) is 9.75. The number of benzene rings is 2. The highest BCUT2D eigenvalue weighted by molar-refractivity contribution is 7.93. The van der Waals surface area contributed by atoms with E-state index in [4.69, 9.17) is 34.8 Å². The van der Waals surface area contributed by atoms with Gasteiger partial charge in [0.05, 0.1) is 20.8 Å². The van der Waals surface area contributed by atoms with Crippen molar-refractivity contribution in [2.24, 2.45) is 0 Å². The van der Waals surface area contributed by atoms with E-state index < -0.39 is 10.0 Å². The van der Waals surface area contributed by atoms with Crippen LogP contribution in [0.2, 0.25) is 15.1 Å². The van der Waals surface area contributed by atoms with Gasteiger partial charge in [0.1, 0.15) is 10.6 Å². The van der Waals surface area contributed by atoms with E-state index >= 15 is 0 Å². The summed E-state index contributed by atoms with van der Waals surface area (Å²) in [5.41, 5.74) is 0.125. The Bertz CT molecular complexity index is 793. The second kappa shape index (κ2) is 5.93. The summed E-state index contributed by atoms with van der Waals surface area (Å²) in [6.45, 7) is 0. The van der Waals surface area contributed by atoms with Crippen LogP contribution in [0.1, 0.15) is 0 Å². The molecule has 2 rings (SSSR count). The maximum Gasteiger partial charge on any atom is 0.265 e. The largest absolute Gasteiger partial charge is 0.506 e. The SMILES string of the molecule is CN(c1ccccc1O)S(=O)(=O)c1cc(Cl)c(Cl)cc1Cl. The van der Waals surface area contributed by atoms with Gasteiger partial charge in [-0.3, -0.25) is 4.31 Å². The van der Waals surface area contributed by atoms with Crippen LogP contribution in [-0.2, 0) is 10.0 Å². The summed E-state index contributed by atoms with van der Waals surface area (Å²) < 4.78 is 26.1. The molecule has 0 fully saturated rings. The average molecular weight is 367 g/mol. The van der Waals surface area contributed by atoms with Crippen molar-refractivity contribution in [2.45, 2.75) is 4.90 Å². The monoisotopic (exact) mass is 365 g/mol. The third kappa shape index (κ3) is 3.06. The van der Waals surface area contributed by atoms with Gasteiger partial charge in [-0.1, -0.05) is 46.9 Å². The summed E-state index contributed by atoms with van der Waals surface area (Å²) in [6, 6.07) is 8.49. The Labute approximate surface area is 137 Å². The molecule has 0 heterocycles. The minimum Gasteiger partial charge on any atom is -0.506 e. The van der Waals surface area contributed by atoms with E-state index in [1.54, 1.807) is 12.1 Å². The minimum absolute atomic E-state index is 0.0494. The normalized spacial score (nSPS) is 11.4. The second-order valence-corrected chi connectivity index (χ2v) is 7.32. The fourth-order valence-corrected chi connectivity index (χ4v) is 3.89. The van der Waals surface area contributed by atoms with Crippen molar-refractivity contribution < 1.29 is 13.5 Å². The van der Waals surface area contributed by atoms with Gasteiger partial charge in [-0.15, -0.1) is 0 Å². The zero-order chi connectivity index (χ0) is 15.8. The molecule has 0 aliphatic carbocycles. The van der Waals surface area contributed by atoms with Crippen LogP contribution in [0.3, 0.4) is 0 Å². The smallest absolute Gasteiger partial charge is 0.265 e. The number of hydrogen-bond donors (Lipinski definition) is 1. The van der Waals surface area contributed by atoms with Crippen LogP contribution in [0.25, 0.3) is 0 Å². The fraction of sp³-hybridized carbons (Fsp3) is 0.0769. The first-order valence-electron chi connectivity index (χ1n) is 5.66. The lowest BCUT2D eigenvalue weighted by atomic mass is 10.3. The molecule has 0 spiro atoms. The highest BCUT2D eigenvalue weighted by Crippen LogP contribution is 2.36. The quantitative estimate of drug-likeness (QED) is 0.829. The van der Waals surface area contributed by atoms with Gasteiger partial charge in [0, 0.05) is 7.05 Å². The number of nitrogens with zero attached hydrogens (tertiary/aromatic N) is 1. The number of anilines is 1. The highest BCUT2D eigenvalue weighted by Gasteiger charge is 2.26. The molecule has 4 nitrogen and oxygen atoms in total. The second-order valence-electron chi connectivity index (χ2n) is 4.16. The number of para-hydroxylation sites is 2. The molecule has 0 aliphatic heterocycles. The molecule has 2 aromatic rings. The third-order valence-corrected chi connectivity index (χ3v) is 5.79. The number of halogens is 3. The van der Waals surface area contributed by atoms with Crippen molar-refractivity contribution in [1.82, 2.24) is 0 Å². The van der Waals surface area contributed by atoms with E-state index in [2.05, 4.69) is 0 Å². The van der Waals surface area contributed by atoms with Gasteiger partial charge < -0.3 is 5.11 Å². The van der Waals surface area contributed by atoms with E-state index in [-0.39, 0.29) is 31.4 Å². The van der Waals surface area contributed by atoms with E-state index in [0.29, 0.717) is 0 Å². The predicted octanol–water partition coefficient (Wildman–Crippen LogP) is 4.18. The number of sulfonamides is 1. The minimum atomic E-state index is -3.99. The number of rotatable bonds is 3. The molecule has 112 valence electrons. The summed E-state index contributed by atoms with van der Waals surface area (Å²) >= 11 is 17.6. The Morgan fingerprint density at radius 3 is 2.19 bits per heavy atom. The maximum atomic E-state index is 12.6.